The fourth-order valence-electron chi connectivity index (χ4n) is 2.66. The summed E-state index contributed by atoms with van der Waals surface area (Å²) in [5, 5.41) is 10.5. The van der Waals surface area contributed by atoms with Crippen LogP contribution in [0.4, 0.5) is 0 Å². The number of hydrogen-bond acceptors (Lipinski definition) is 4. The number of hydrogen-bond donors (Lipinski definition) is 2. The van der Waals surface area contributed by atoms with E-state index in [2.05, 4.69) is 27.6 Å². The lowest BCUT2D eigenvalue weighted by atomic mass is 9.78. The minimum atomic E-state index is -3.54. The molecule has 0 amide bonds. The summed E-state index contributed by atoms with van der Waals surface area (Å²) in [5.74, 6) is 0.665. The zero-order chi connectivity index (χ0) is 15.7. The molecule has 0 atom stereocenters. The van der Waals surface area contributed by atoms with Crippen LogP contribution in [-0.4, -0.2) is 25.7 Å². The van der Waals surface area contributed by atoms with Crippen LogP contribution in [0.5, 0.6) is 0 Å². The molecule has 1 aromatic heterocycles. The van der Waals surface area contributed by atoms with E-state index >= 15 is 0 Å². The van der Waals surface area contributed by atoms with Crippen molar-refractivity contribution in [2.75, 3.05) is 6.54 Å². The van der Waals surface area contributed by atoms with E-state index in [9.17, 15) is 13.5 Å². The Balaban J connectivity index is 1.99. The Bertz CT molecular complexity index is 570. The minimum absolute atomic E-state index is 0.0976. The molecule has 0 unspecified atom stereocenters. The molecule has 1 saturated carbocycles. The standard InChI is InChI=1S/C14H22BrNO3S2/c1-3-11-4-6-14(17,7-5-11)9-16-21(18,19)12-8-10(2)13(15)20-12/h8,11,16-17H,3-7,9H2,1-2H3. The van der Waals surface area contributed by atoms with Crippen LogP contribution in [0.1, 0.15) is 44.6 Å². The lowest BCUT2D eigenvalue weighted by Gasteiger charge is -2.35. The first-order chi connectivity index (χ1) is 9.76. The fraction of sp³-hybridized carbons (Fsp3) is 0.714. The summed E-state index contributed by atoms with van der Waals surface area (Å²) in [6, 6.07) is 1.65. The molecule has 1 aliphatic carbocycles. The number of thiophene rings is 1. The van der Waals surface area contributed by atoms with E-state index in [0.717, 1.165) is 28.6 Å². The van der Waals surface area contributed by atoms with Crippen LogP contribution in [0.15, 0.2) is 14.1 Å². The van der Waals surface area contributed by atoms with Gasteiger partial charge in [-0.15, -0.1) is 11.3 Å². The van der Waals surface area contributed by atoms with Crippen LogP contribution in [0.25, 0.3) is 0 Å². The Kier molecular flexibility index (Phi) is 5.52. The van der Waals surface area contributed by atoms with Gasteiger partial charge in [0.05, 0.1) is 9.39 Å². The average Bonchev–Trinajstić information content (AvgIpc) is 2.79. The van der Waals surface area contributed by atoms with Gasteiger partial charge in [0.15, 0.2) is 0 Å². The summed E-state index contributed by atoms with van der Waals surface area (Å²) in [6.45, 7) is 4.12. The van der Waals surface area contributed by atoms with E-state index in [1.165, 1.54) is 11.3 Å². The molecule has 0 radical (unpaired) electrons. The van der Waals surface area contributed by atoms with Crippen molar-refractivity contribution in [3.8, 4) is 0 Å². The molecule has 2 rings (SSSR count). The minimum Gasteiger partial charge on any atom is -0.389 e. The summed E-state index contributed by atoms with van der Waals surface area (Å²) in [4.78, 5) is 0. The smallest absolute Gasteiger partial charge is 0.250 e. The Morgan fingerprint density at radius 2 is 2.10 bits per heavy atom. The Labute approximate surface area is 139 Å². The summed E-state index contributed by atoms with van der Waals surface area (Å²) in [6.07, 6.45) is 4.41. The third-order valence-corrected chi connectivity index (χ3v) is 8.32. The first kappa shape index (κ1) is 17.4. The number of rotatable bonds is 5. The van der Waals surface area contributed by atoms with Crippen LogP contribution >= 0.6 is 27.3 Å². The van der Waals surface area contributed by atoms with Gasteiger partial charge in [-0.3, -0.25) is 0 Å². The Hall–Kier alpha value is 0.0500. The first-order valence-corrected chi connectivity index (χ1v) is 10.3. The highest BCUT2D eigenvalue weighted by Gasteiger charge is 2.34. The third kappa shape index (κ3) is 4.28. The molecule has 2 N–H and O–H groups in total. The van der Waals surface area contributed by atoms with E-state index in [4.69, 9.17) is 0 Å². The van der Waals surface area contributed by atoms with Crippen molar-refractivity contribution >= 4 is 37.3 Å². The molecule has 21 heavy (non-hydrogen) atoms. The summed E-state index contributed by atoms with van der Waals surface area (Å²) in [7, 11) is -3.54. The van der Waals surface area contributed by atoms with Crippen LogP contribution in [-0.2, 0) is 10.0 Å². The van der Waals surface area contributed by atoms with Crippen molar-refractivity contribution in [2.24, 2.45) is 5.92 Å². The molecule has 1 fully saturated rings. The number of nitrogens with one attached hydrogen (secondary N) is 1. The molecular formula is C14H22BrNO3S2. The van der Waals surface area contributed by atoms with Gasteiger partial charge in [0, 0.05) is 6.54 Å². The molecule has 1 aromatic rings. The molecule has 120 valence electrons. The molecule has 0 aliphatic heterocycles. The van der Waals surface area contributed by atoms with Crippen molar-refractivity contribution < 1.29 is 13.5 Å². The number of halogens is 1. The maximum Gasteiger partial charge on any atom is 0.250 e. The summed E-state index contributed by atoms with van der Waals surface area (Å²) >= 11 is 4.53. The quantitative estimate of drug-likeness (QED) is 0.802. The van der Waals surface area contributed by atoms with Gasteiger partial charge in [-0.05, 0) is 66.1 Å². The Morgan fingerprint density at radius 1 is 1.48 bits per heavy atom. The van der Waals surface area contributed by atoms with Crippen molar-refractivity contribution in [3.05, 3.63) is 15.4 Å². The zero-order valence-electron chi connectivity index (χ0n) is 12.4. The van der Waals surface area contributed by atoms with Gasteiger partial charge in [-0.25, -0.2) is 13.1 Å². The monoisotopic (exact) mass is 395 g/mol. The molecule has 0 spiro atoms. The van der Waals surface area contributed by atoms with Crippen molar-refractivity contribution in [1.29, 1.82) is 0 Å². The van der Waals surface area contributed by atoms with E-state index < -0.39 is 15.6 Å². The Morgan fingerprint density at radius 3 is 2.57 bits per heavy atom. The van der Waals surface area contributed by atoms with Gasteiger partial charge in [0.25, 0.3) is 0 Å². The normalized spacial score (nSPS) is 27.0. The highest BCUT2D eigenvalue weighted by molar-refractivity contribution is 9.11. The average molecular weight is 396 g/mol. The second-order valence-corrected chi connectivity index (χ2v) is 10.3. The van der Waals surface area contributed by atoms with Crippen LogP contribution in [0.2, 0.25) is 0 Å². The molecule has 7 heteroatoms. The van der Waals surface area contributed by atoms with Gasteiger partial charge in [0.1, 0.15) is 4.21 Å². The molecule has 1 aliphatic rings. The lowest BCUT2D eigenvalue weighted by Crippen LogP contribution is -2.45. The van der Waals surface area contributed by atoms with E-state index in [0.29, 0.717) is 18.8 Å². The highest BCUT2D eigenvalue weighted by atomic mass is 79.9. The van der Waals surface area contributed by atoms with Crippen molar-refractivity contribution in [2.45, 2.75) is 55.8 Å². The molecular weight excluding hydrogens is 374 g/mol. The van der Waals surface area contributed by atoms with Gasteiger partial charge < -0.3 is 5.11 Å². The van der Waals surface area contributed by atoms with Gasteiger partial charge in [-0.1, -0.05) is 13.3 Å². The SMILES string of the molecule is CCC1CCC(O)(CNS(=O)(=O)c2cc(C)c(Br)s2)CC1. The van der Waals surface area contributed by atoms with E-state index in [1.54, 1.807) is 6.07 Å². The third-order valence-electron chi connectivity index (χ3n) is 4.30. The number of aryl methyl sites for hydroxylation is 1. The largest absolute Gasteiger partial charge is 0.389 e. The summed E-state index contributed by atoms with van der Waals surface area (Å²) in [5.41, 5.74) is 0.00461. The predicted octanol–water partition coefficient (Wildman–Crippen LogP) is 3.43. The van der Waals surface area contributed by atoms with Crippen LogP contribution in [0, 0.1) is 12.8 Å². The topological polar surface area (TPSA) is 66.4 Å². The second kappa shape index (κ2) is 6.66. The number of sulfonamides is 1. The van der Waals surface area contributed by atoms with Crippen LogP contribution in [0.3, 0.4) is 0 Å². The second-order valence-electron chi connectivity index (χ2n) is 5.92. The maximum absolute atomic E-state index is 12.3. The first-order valence-electron chi connectivity index (χ1n) is 7.24. The predicted molar refractivity (Wildman–Crippen MR) is 89.1 cm³/mol. The zero-order valence-corrected chi connectivity index (χ0v) is 15.6. The van der Waals surface area contributed by atoms with Gasteiger partial charge >= 0.3 is 0 Å². The lowest BCUT2D eigenvalue weighted by molar-refractivity contribution is -0.00441. The van der Waals surface area contributed by atoms with E-state index in [-0.39, 0.29) is 10.8 Å². The molecule has 0 bridgehead atoms. The van der Waals surface area contributed by atoms with Gasteiger partial charge in [-0.2, -0.15) is 0 Å². The maximum atomic E-state index is 12.3. The number of aliphatic hydroxyl groups is 1. The molecule has 0 saturated heterocycles. The fourth-order valence-corrected chi connectivity index (χ4v) is 6.05. The molecule has 1 heterocycles. The molecule has 0 aromatic carbocycles. The highest BCUT2D eigenvalue weighted by Crippen LogP contribution is 2.34. The van der Waals surface area contributed by atoms with Gasteiger partial charge in [0.2, 0.25) is 10.0 Å². The van der Waals surface area contributed by atoms with Crippen molar-refractivity contribution in [3.63, 3.8) is 0 Å². The van der Waals surface area contributed by atoms with Crippen LogP contribution < -0.4 is 4.72 Å². The van der Waals surface area contributed by atoms with Crippen molar-refractivity contribution in [1.82, 2.24) is 4.72 Å². The summed E-state index contributed by atoms with van der Waals surface area (Å²) < 4.78 is 28.2. The van der Waals surface area contributed by atoms with E-state index in [1.807, 2.05) is 6.92 Å². The molecule has 4 nitrogen and oxygen atoms in total.